The van der Waals surface area contributed by atoms with Crippen LogP contribution in [0.1, 0.15) is 12.5 Å². The first kappa shape index (κ1) is 13.4. The Morgan fingerprint density at radius 2 is 2.35 bits per heavy atom. The van der Waals surface area contributed by atoms with Gasteiger partial charge in [0.25, 0.3) is 0 Å². The first-order valence-electron chi connectivity index (χ1n) is 5.03. The third-order valence-corrected chi connectivity index (χ3v) is 2.53. The lowest BCUT2D eigenvalue weighted by molar-refractivity contribution is 0.373. The first-order chi connectivity index (χ1) is 8.17. The van der Waals surface area contributed by atoms with Gasteiger partial charge in [-0.2, -0.15) is 5.10 Å². The fourth-order valence-corrected chi connectivity index (χ4v) is 1.50. The van der Waals surface area contributed by atoms with Gasteiger partial charge >= 0.3 is 0 Å². The minimum Gasteiger partial charge on any atom is -0.504 e. The summed E-state index contributed by atoms with van der Waals surface area (Å²) in [6.45, 7) is 1.99. The summed E-state index contributed by atoms with van der Waals surface area (Å²) >= 11 is 1.43. The van der Waals surface area contributed by atoms with E-state index in [4.69, 9.17) is 10.5 Å². The Morgan fingerprint density at radius 3 is 3.00 bits per heavy atom. The van der Waals surface area contributed by atoms with Crippen molar-refractivity contribution in [1.29, 1.82) is 0 Å². The van der Waals surface area contributed by atoms with Crippen molar-refractivity contribution in [3.8, 4) is 11.5 Å². The Hall–Kier alpha value is -1.69. The van der Waals surface area contributed by atoms with Crippen LogP contribution in [0, 0.1) is 0 Å². The summed E-state index contributed by atoms with van der Waals surface area (Å²) in [5.41, 5.74) is 6.34. The van der Waals surface area contributed by atoms with Crippen LogP contribution >= 0.6 is 11.8 Å². The number of benzene rings is 1. The van der Waals surface area contributed by atoms with E-state index in [1.807, 2.05) is 6.92 Å². The molecule has 0 heterocycles. The van der Waals surface area contributed by atoms with E-state index >= 15 is 0 Å². The van der Waals surface area contributed by atoms with Gasteiger partial charge in [0.15, 0.2) is 16.7 Å². The van der Waals surface area contributed by atoms with Gasteiger partial charge in [0, 0.05) is 0 Å². The zero-order valence-corrected chi connectivity index (χ0v) is 10.6. The summed E-state index contributed by atoms with van der Waals surface area (Å²) in [6, 6.07) is 4.91. The van der Waals surface area contributed by atoms with Crippen molar-refractivity contribution in [2.45, 2.75) is 6.92 Å². The predicted molar refractivity (Wildman–Crippen MR) is 72.0 cm³/mol. The molecule has 0 aromatic heterocycles. The van der Waals surface area contributed by atoms with E-state index in [2.05, 4.69) is 10.2 Å². The van der Waals surface area contributed by atoms with Gasteiger partial charge in [0.2, 0.25) is 0 Å². The van der Waals surface area contributed by atoms with Crippen LogP contribution in [0.4, 0.5) is 0 Å². The molecule has 0 saturated heterocycles. The molecule has 0 aliphatic heterocycles. The highest BCUT2D eigenvalue weighted by Crippen LogP contribution is 2.25. The van der Waals surface area contributed by atoms with Crippen LogP contribution in [0.25, 0.3) is 0 Å². The SMILES string of the molecule is CCS/C(N)=N/N=C/c1ccc(O)c(OC)c1. The minimum atomic E-state index is 0.0919. The van der Waals surface area contributed by atoms with Crippen molar-refractivity contribution in [2.75, 3.05) is 12.9 Å². The minimum absolute atomic E-state index is 0.0919. The van der Waals surface area contributed by atoms with Gasteiger partial charge in [-0.25, -0.2) is 0 Å². The van der Waals surface area contributed by atoms with Crippen molar-refractivity contribution >= 4 is 23.1 Å². The average Bonchev–Trinajstić information content (AvgIpc) is 2.31. The topological polar surface area (TPSA) is 80.2 Å². The maximum atomic E-state index is 9.40. The summed E-state index contributed by atoms with van der Waals surface area (Å²) in [4.78, 5) is 0. The number of rotatable bonds is 4. The second kappa shape index (κ2) is 6.80. The Bertz CT molecular complexity index is 433. The highest BCUT2D eigenvalue weighted by atomic mass is 32.2. The summed E-state index contributed by atoms with van der Waals surface area (Å²) in [7, 11) is 1.49. The number of nitrogens with zero attached hydrogens (tertiary/aromatic N) is 2. The highest BCUT2D eigenvalue weighted by Gasteiger charge is 2.00. The second-order valence-electron chi connectivity index (χ2n) is 3.05. The van der Waals surface area contributed by atoms with Crippen LogP contribution in [-0.2, 0) is 0 Å². The van der Waals surface area contributed by atoms with Crippen molar-refractivity contribution in [1.82, 2.24) is 0 Å². The molecule has 3 N–H and O–H groups in total. The van der Waals surface area contributed by atoms with Crippen molar-refractivity contribution in [3.05, 3.63) is 23.8 Å². The number of phenolic OH excluding ortho intramolecular Hbond substituents is 1. The number of methoxy groups -OCH3 is 1. The van der Waals surface area contributed by atoms with E-state index in [9.17, 15) is 5.11 Å². The van der Waals surface area contributed by atoms with E-state index < -0.39 is 0 Å². The van der Waals surface area contributed by atoms with Crippen molar-refractivity contribution in [2.24, 2.45) is 15.9 Å². The molecule has 0 fully saturated rings. The molecule has 5 nitrogen and oxygen atoms in total. The Labute approximate surface area is 104 Å². The van der Waals surface area contributed by atoms with Gasteiger partial charge in [0.05, 0.1) is 13.3 Å². The van der Waals surface area contributed by atoms with Gasteiger partial charge in [-0.15, -0.1) is 5.10 Å². The Morgan fingerprint density at radius 1 is 1.59 bits per heavy atom. The molecule has 0 aliphatic carbocycles. The van der Waals surface area contributed by atoms with Crippen LogP contribution < -0.4 is 10.5 Å². The van der Waals surface area contributed by atoms with E-state index in [0.717, 1.165) is 11.3 Å². The van der Waals surface area contributed by atoms with Crippen LogP contribution in [-0.4, -0.2) is 29.4 Å². The summed E-state index contributed by atoms with van der Waals surface area (Å²) in [6.07, 6.45) is 1.55. The van der Waals surface area contributed by atoms with E-state index in [1.165, 1.54) is 24.9 Å². The lowest BCUT2D eigenvalue weighted by Crippen LogP contribution is -2.05. The molecule has 0 amide bonds. The largest absolute Gasteiger partial charge is 0.504 e. The molecule has 0 radical (unpaired) electrons. The molecule has 6 heteroatoms. The molecule has 92 valence electrons. The van der Waals surface area contributed by atoms with Crippen LogP contribution in [0.15, 0.2) is 28.4 Å². The zero-order chi connectivity index (χ0) is 12.7. The number of hydrogen-bond donors (Lipinski definition) is 2. The maximum Gasteiger partial charge on any atom is 0.180 e. The molecule has 1 rings (SSSR count). The van der Waals surface area contributed by atoms with E-state index in [1.54, 1.807) is 18.3 Å². The smallest absolute Gasteiger partial charge is 0.180 e. The maximum absolute atomic E-state index is 9.40. The first-order valence-corrected chi connectivity index (χ1v) is 6.02. The summed E-state index contributed by atoms with van der Waals surface area (Å²) in [5.74, 6) is 1.35. The molecule has 0 aliphatic rings. The third kappa shape index (κ3) is 4.36. The zero-order valence-electron chi connectivity index (χ0n) is 9.75. The molecule has 0 unspecified atom stereocenters. The number of thioether (sulfide) groups is 1. The fourth-order valence-electron chi connectivity index (χ4n) is 1.10. The average molecular weight is 253 g/mol. The third-order valence-electron chi connectivity index (χ3n) is 1.86. The molecular formula is C11H15N3O2S. The fraction of sp³-hybridized carbons (Fsp3) is 0.273. The molecule has 0 spiro atoms. The van der Waals surface area contributed by atoms with Crippen LogP contribution in [0.3, 0.4) is 0 Å². The van der Waals surface area contributed by atoms with E-state index in [-0.39, 0.29) is 5.75 Å². The van der Waals surface area contributed by atoms with Crippen LogP contribution in [0.2, 0.25) is 0 Å². The number of amidine groups is 1. The number of ether oxygens (including phenoxy) is 1. The molecule has 0 atom stereocenters. The van der Waals surface area contributed by atoms with Gasteiger partial charge in [-0.3, -0.25) is 0 Å². The van der Waals surface area contributed by atoms with Gasteiger partial charge in [-0.1, -0.05) is 18.7 Å². The quantitative estimate of drug-likeness (QED) is 0.487. The Balaban J connectivity index is 2.75. The molecular weight excluding hydrogens is 238 g/mol. The van der Waals surface area contributed by atoms with Gasteiger partial charge < -0.3 is 15.6 Å². The van der Waals surface area contributed by atoms with E-state index in [0.29, 0.717) is 10.9 Å². The Kier molecular flexibility index (Phi) is 5.35. The lowest BCUT2D eigenvalue weighted by atomic mass is 10.2. The van der Waals surface area contributed by atoms with Gasteiger partial charge in [0.1, 0.15) is 0 Å². The monoisotopic (exact) mass is 253 g/mol. The van der Waals surface area contributed by atoms with Crippen LogP contribution in [0.5, 0.6) is 11.5 Å². The standard InChI is InChI=1S/C11H15N3O2S/c1-3-17-11(12)14-13-7-8-4-5-9(15)10(6-8)16-2/h4-7,15H,3H2,1-2H3,(H2,12,14)/b13-7+. The van der Waals surface area contributed by atoms with Crippen molar-refractivity contribution in [3.63, 3.8) is 0 Å². The summed E-state index contributed by atoms with van der Waals surface area (Å²) in [5, 5.41) is 17.5. The molecule has 1 aromatic rings. The summed E-state index contributed by atoms with van der Waals surface area (Å²) < 4.78 is 4.98. The predicted octanol–water partition coefficient (Wildman–Crippen LogP) is 1.80. The number of hydrogen-bond acceptors (Lipinski definition) is 5. The molecule has 0 bridgehead atoms. The number of nitrogens with two attached hydrogens (primary N) is 1. The normalized spacial score (nSPS) is 12.0. The highest BCUT2D eigenvalue weighted by molar-refractivity contribution is 8.13. The second-order valence-corrected chi connectivity index (χ2v) is 4.33. The molecule has 0 saturated carbocycles. The lowest BCUT2D eigenvalue weighted by Gasteiger charge is -2.02. The number of phenols is 1. The molecule has 17 heavy (non-hydrogen) atoms. The van der Waals surface area contributed by atoms with Crippen molar-refractivity contribution < 1.29 is 9.84 Å². The number of aromatic hydroxyl groups is 1. The molecule has 1 aromatic carbocycles. The van der Waals surface area contributed by atoms with Gasteiger partial charge in [-0.05, 0) is 29.5 Å².